The van der Waals surface area contributed by atoms with Crippen LogP contribution in [0.25, 0.3) is 0 Å². The normalized spacial score (nSPS) is 12.0. The van der Waals surface area contributed by atoms with E-state index in [1.807, 2.05) is 23.7 Å². The van der Waals surface area contributed by atoms with Crippen LogP contribution in [0.15, 0.2) is 47.6 Å². The lowest BCUT2D eigenvalue weighted by atomic mass is 10.3. The van der Waals surface area contributed by atoms with E-state index in [-0.39, 0.29) is 13.2 Å². The Bertz CT molecular complexity index is 971. The summed E-state index contributed by atoms with van der Waals surface area (Å²) in [6, 6.07) is 12.2. The minimum Gasteiger partial charge on any atom is -0.489 e. The summed E-state index contributed by atoms with van der Waals surface area (Å²) in [6.45, 7) is 0.323. The number of aliphatic hydroxyl groups is 1. The molecule has 10 heteroatoms. The molecular formula is C19H18Cl3N3O3S. The van der Waals surface area contributed by atoms with Crippen LogP contribution in [0.2, 0.25) is 15.1 Å². The average molecular weight is 475 g/mol. The Morgan fingerprint density at radius 3 is 2.55 bits per heavy atom. The standard InChI is InChI=1S/C19H18Cl3N3O3S/c1-25-18(10-28-16-5-3-2-4-14(16)21)23-24-19(25)29-11-13(26)9-27-17-7-6-12(20)8-15(17)22/h2-8,13,26H,9-11H2,1H3. The molecule has 0 saturated carbocycles. The Hall–Kier alpha value is -1.64. The summed E-state index contributed by atoms with van der Waals surface area (Å²) >= 11 is 19.4. The van der Waals surface area contributed by atoms with Crippen LogP contribution in [0, 0.1) is 0 Å². The lowest BCUT2D eigenvalue weighted by molar-refractivity contribution is 0.126. The van der Waals surface area contributed by atoms with Crippen LogP contribution < -0.4 is 9.47 Å². The van der Waals surface area contributed by atoms with Crippen molar-refractivity contribution in [2.75, 3.05) is 12.4 Å². The zero-order chi connectivity index (χ0) is 20.8. The summed E-state index contributed by atoms with van der Waals surface area (Å²) in [5.41, 5.74) is 0. The van der Waals surface area contributed by atoms with Gasteiger partial charge < -0.3 is 19.1 Å². The Balaban J connectivity index is 1.48. The van der Waals surface area contributed by atoms with Gasteiger partial charge in [-0.05, 0) is 30.3 Å². The molecule has 3 rings (SSSR count). The molecule has 0 fully saturated rings. The fraction of sp³-hybridized carbons (Fsp3) is 0.263. The fourth-order valence-electron chi connectivity index (χ4n) is 2.30. The zero-order valence-corrected chi connectivity index (χ0v) is 18.5. The summed E-state index contributed by atoms with van der Waals surface area (Å²) in [4.78, 5) is 0. The molecule has 0 aliphatic carbocycles. The van der Waals surface area contributed by atoms with E-state index in [0.717, 1.165) is 0 Å². The minimum absolute atomic E-state index is 0.0919. The van der Waals surface area contributed by atoms with E-state index in [1.54, 1.807) is 30.3 Å². The lowest BCUT2D eigenvalue weighted by Crippen LogP contribution is -2.20. The Labute approximate surface area is 187 Å². The molecule has 1 N–H and O–H groups in total. The third-order valence-electron chi connectivity index (χ3n) is 3.85. The van der Waals surface area contributed by atoms with Crippen LogP contribution in [-0.2, 0) is 13.7 Å². The second-order valence-corrected chi connectivity index (χ2v) is 8.27. The third-order valence-corrected chi connectivity index (χ3v) is 5.86. The molecule has 1 aromatic heterocycles. The van der Waals surface area contributed by atoms with Gasteiger partial charge in [-0.3, -0.25) is 0 Å². The average Bonchev–Trinajstić information content (AvgIpc) is 3.04. The molecule has 29 heavy (non-hydrogen) atoms. The van der Waals surface area contributed by atoms with Crippen molar-refractivity contribution in [3.63, 3.8) is 0 Å². The van der Waals surface area contributed by atoms with Crippen LogP contribution in [0.5, 0.6) is 11.5 Å². The summed E-state index contributed by atoms with van der Waals surface area (Å²) in [7, 11) is 1.84. The van der Waals surface area contributed by atoms with Crippen molar-refractivity contribution in [3.05, 3.63) is 63.4 Å². The highest BCUT2D eigenvalue weighted by molar-refractivity contribution is 7.99. The number of aliphatic hydroxyl groups excluding tert-OH is 1. The molecule has 0 spiro atoms. The largest absolute Gasteiger partial charge is 0.489 e. The van der Waals surface area contributed by atoms with Gasteiger partial charge in [-0.15, -0.1) is 10.2 Å². The maximum Gasteiger partial charge on any atom is 0.191 e. The molecule has 1 heterocycles. The van der Waals surface area contributed by atoms with E-state index in [0.29, 0.717) is 43.3 Å². The van der Waals surface area contributed by atoms with Gasteiger partial charge in [0.15, 0.2) is 11.0 Å². The topological polar surface area (TPSA) is 69.4 Å². The second-order valence-electron chi connectivity index (χ2n) is 6.03. The number of ether oxygens (including phenoxy) is 2. The first-order valence-electron chi connectivity index (χ1n) is 8.58. The van der Waals surface area contributed by atoms with Gasteiger partial charge in [-0.1, -0.05) is 58.7 Å². The van der Waals surface area contributed by atoms with Gasteiger partial charge in [-0.25, -0.2) is 0 Å². The quantitative estimate of drug-likeness (QED) is 0.446. The third kappa shape index (κ3) is 6.17. The van der Waals surface area contributed by atoms with E-state index in [2.05, 4.69) is 10.2 Å². The van der Waals surface area contributed by atoms with E-state index in [4.69, 9.17) is 44.3 Å². The Kier molecular flexibility index (Phi) is 7.91. The van der Waals surface area contributed by atoms with Crippen LogP contribution in [0.3, 0.4) is 0 Å². The molecule has 0 aliphatic heterocycles. The van der Waals surface area contributed by atoms with Gasteiger partial charge in [0.25, 0.3) is 0 Å². The number of para-hydroxylation sites is 1. The molecule has 0 radical (unpaired) electrons. The van der Waals surface area contributed by atoms with Crippen molar-refractivity contribution in [1.82, 2.24) is 14.8 Å². The van der Waals surface area contributed by atoms with Crippen LogP contribution in [-0.4, -0.2) is 38.3 Å². The summed E-state index contributed by atoms with van der Waals surface area (Å²) in [5, 5.41) is 20.6. The summed E-state index contributed by atoms with van der Waals surface area (Å²) in [5.74, 6) is 2.08. The summed E-state index contributed by atoms with van der Waals surface area (Å²) in [6.07, 6.45) is -0.716. The summed E-state index contributed by atoms with van der Waals surface area (Å²) < 4.78 is 13.1. The number of aromatic nitrogens is 3. The molecule has 3 aromatic rings. The lowest BCUT2D eigenvalue weighted by Gasteiger charge is -2.13. The predicted octanol–water partition coefficient (Wildman–Crippen LogP) is 4.89. The first-order chi connectivity index (χ1) is 13.9. The first-order valence-corrected chi connectivity index (χ1v) is 10.7. The zero-order valence-electron chi connectivity index (χ0n) is 15.4. The molecule has 2 aromatic carbocycles. The van der Waals surface area contributed by atoms with Gasteiger partial charge in [0.2, 0.25) is 0 Å². The minimum atomic E-state index is -0.716. The number of thioether (sulfide) groups is 1. The second kappa shape index (κ2) is 10.4. The highest BCUT2D eigenvalue weighted by Crippen LogP contribution is 2.28. The Morgan fingerprint density at radius 2 is 1.79 bits per heavy atom. The van der Waals surface area contributed by atoms with Crippen molar-refractivity contribution in [2.24, 2.45) is 7.05 Å². The number of benzene rings is 2. The fourth-order valence-corrected chi connectivity index (χ4v) is 3.79. The molecule has 0 bridgehead atoms. The SMILES string of the molecule is Cn1c(COc2ccccc2Cl)nnc1SCC(O)COc1ccc(Cl)cc1Cl. The highest BCUT2D eigenvalue weighted by atomic mass is 35.5. The number of rotatable bonds is 9. The monoisotopic (exact) mass is 473 g/mol. The van der Waals surface area contributed by atoms with Crippen molar-refractivity contribution in [3.8, 4) is 11.5 Å². The van der Waals surface area contributed by atoms with E-state index in [9.17, 15) is 5.11 Å². The van der Waals surface area contributed by atoms with Gasteiger partial charge in [0, 0.05) is 17.8 Å². The van der Waals surface area contributed by atoms with Crippen molar-refractivity contribution in [1.29, 1.82) is 0 Å². The molecule has 0 aliphatic rings. The predicted molar refractivity (Wildman–Crippen MR) is 115 cm³/mol. The Morgan fingerprint density at radius 1 is 1.03 bits per heavy atom. The van der Waals surface area contributed by atoms with Crippen molar-refractivity contribution in [2.45, 2.75) is 17.9 Å². The molecular weight excluding hydrogens is 457 g/mol. The van der Waals surface area contributed by atoms with Crippen molar-refractivity contribution >= 4 is 46.6 Å². The van der Waals surface area contributed by atoms with Crippen LogP contribution in [0.4, 0.5) is 0 Å². The molecule has 6 nitrogen and oxygen atoms in total. The highest BCUT2D eigenvalue weighted by Gasteiger charge is 2.14. The molecule has 154 valence electrons. The van der Waals surface area contributed by atoms with Gasteiger partial charge in [-0.2, -0.15) is 0 Å². The van der Waals surface area contributed by atoms with Gasteiger partial charge in [0.05, 0.1) is 16.1 Å². The first kappa shape index (κ1) is 22.1. The maximum absolute atomic E-state index is 10.2. The molecule has 1 unspecified atom stereocenters. The van der Waals surface area contributed by atoms with Crippen LogP contribution >= 0.6 is 46.6 Å². The number of halogens is 3. The number of hydrogen-bond donors (Lipinski definition) is 1. The maximum atomic E-state index is 10.2. The smallest absolute Gasteiger partial charge is 0.191 e. The van der Waals surface area contributed by atoms with E-state index < -0.39 is 6.10 Å². The van der Waals surface area contributed by atoms with E-state index >= 15 is 0 Å². The number of nitrogens with zero attached hydrogens (tertiary/aromatic N) is 3. The van der Waals surface area contributed by atoms with Gasteiger partial charge >= 0.3 is 0 Å². The molecule has 1 atom stereocenters. The molecule has 0 amide bonds. The van der Waals surface area contributed by atoms with Crippen molar-refractivity contribution < 1.29 is 14.6 Å². The van der Waals surface area contributed by atoms with E-state index in [1.165, 1.54) is 11.8 Å². The van der Waals surface area contributed by atoms with Gasteiger partial charge in [0.1, 0.15) is 24.7 Å². The molecule has 0 saturated heterocycles. The van der Waals surface area contributed by atoms with Crippen LogP contribution in [0.1, 0.15) is 5.82 Å². The number of hydrogen-bond acceptors (Lipinski definition) is 6.